The molecular formula is C13H20N2O. The fraction of sp³-hybridized carbons (Fsp3) is 0.538. The molecule has 1 aliphatic heterocycles. The largest absolute Gasteiger partial charge is 0.399 e. The van der Waals surface area contributed by atoms with E-state index < -0.39 is 5.60 Å². The van der Waals surface area contributed by atoms with Crippen molar-refractivity contribution in [3.05, 3.63) is 29.8 Å². The van der Waals surface area contributed by atoms with Crippen LogP contribution in [-0.2, 0) is 6.42 Å². The number of aliphatic hydroxyl groups is 1. The lowest BCUT2D eigenvalue weighted by Gasteiger charge is -2.37. The highest BCUT2D eigenvalue weighted by Crippen LogP contribution is 2.25. The topological polar surface area (TPSA) is 49.5 Å². The van der Waals surface area contributed by atoms with Crippen LogP contribution in [0.25, 0.3) is 0 Å². The summed E-state index contributed by atoms with van der Waals surface area (Å²) in [6.45, 7) is 1.83. The first-order valence-corrected chi connectivity index (χ1v) is 5.83. The fourth-order valence-corrected chi connectivity index (χ4v) is 2.57. The van der Waals surface area contributed by atoms with Crippen molar-refractivity contribution in [1.29, 1.82) is 0 Å². The van der Waals surface area contributed by atoms with E-state index >= 15 is 0 Å². The Hall–Kier alpha value is -1.06. The van der Waals surface area contributed by atoms with E-state index in [1.807, 2.05) is 24.3 Å². The third-order valence-corrected chi connectivity index (χ3v) is 3.23. The Morgan fingerprint density at radius 2 is 2.31 bits per heavy atom. The number of likely N-dealkylation sites (N-methyl/N-ethyl adjacent to an activating group) is 1. The minimum atomic E-state index is -0.583. The van der Waals surface area contributed by atoms with Crippen LogP contribution in [0.4, 0.5) is 5.69 Å². The highest BCUT2D eigenvalue weighted by molar-refractivity contribution is 5.41. The maximum Gasteiger partial charge on any atom is 0.0814 e. The van der Waals surface area contributed by atoms with E-state index in [0.717, 1.165) is 37.2 Å². The number of rotatable bonds is 2. The number of piperidine rings is 1. The van der Waals surface area contributed by atoms with E-state index in [1.54, 1.807) is 0 Å². The summed E-state index contributed by atoms with van der Waals surface area (Å²) in [5, 5.41) is 10.5. The molecule has 2 rings (SSSR count). The third kappa shape index (κ3) is 2.74. The van der Waals surface area contributed by atoms with Gasteiger partial charge in [0.05, 0.1) is 5.60 Å². The van der Waals surface area contributed by atoms with Crippen LogP contribution in [0, 0.1) is 0 Å². The average molecular weight is 220 g/mol. The second-order valence-corrected chi connectivity index (χ2v) is 4.99. The van der Waals surface area contributed by atoms with Gasteiger partial charge in [-0.3, -0.25) is 0 Å². The van der Waals surface area contributed by atoms with Gasteiger partial charge in [-0.1, -0.05) is 12.1 Å². The average Bonchev–Trinajstić information content (AvgIpc) is 2.16. The van der Waals surface area contributed by atoms with Gasteiger partial charge in [-0.15, -0.1) is 0 Å². The molecule has 1 aromatic carbocycles. The first-order chi connectivity index (χ1) is 7.57. The molecule has 1 saturated heterocycles. The van der Waals surface area contributed by atoms with Crippen molar-refractivity contribution in [1.82, 2.24) is 4.90 Å². The molecule has 16 heavy (non-hydrogen) atoms. The third-order valence-electron chi connectivity index (χ3n) is 3.23. The van der Waals surface area contributed by atoms with Crippen LogP contribution < -0.4 is 5.73 Å². The van der Waals surface area contributed by atoms with Gasteiger partial charge in [0.25, 0.3) is 0 Å². The number of likely N-dealkylation sites (tertiary alicyclic amines) is 1. The molecule has 3 N–H and O–H groups in total. The summed E-state index contributed by atoms with van der Waals surface area (Å²) in [6, 6.07) is 7.80. The Morgan fingerprint density at radius 1 is 1.50 bits per heavy atom. The molecule has 1 aromatic rings. The highest BCUT2D eigenvalue weighted by Gasteiger charge is 2.31. The first-order valence-electron chi connectivity index (χ1n) is 5.83. The van der Waals surface area contributed by atoms with Crippen LogP contribution in [0.3, 0.4) is 0 Å². The summed E-state index contributed by atoms with van der Waals surface area (Å²) >= 11 is 0. The van der Waals surface area contributed by atoms with Crippen molar-refractivity contribution >= 4 is 5.69 Å². The van der Waals surface area contributed by atoms with E-state index in [0.29, 0.717) is 6.42 Å². The molecule has 1 fully saturated rings. The summed E-state index contributed by atoms with van der Waals surface area (Å²) in [6.07, 6.45) is 2.64. The predicted molar refractivity (Wildman–Crippen MR) is 66.2 cm³/mol. The van der Waals surface area contributed by atoms with Gasteiger partial charge in [-0.05, 0) is 44.1 Å². The number of hydrogen-bond donors (Lipinski definition) is 2. The molecule has 1 heterocycles. The lowest BCUT2D eigenvalue weighted by Crippen LogP contribution is -2.47. The predicted octanol–water partition coefficient (Wildman–Crippen LogP) is 1.27. The summed E-state index contributed by atoms with van der Waals surface area (Å²) in [5.41, 5.74) is 7.05. The van der Waals surface area contributed by atoms with Gasteiger partial charge in [0.1, 0.15) is 0 Å². The Balaban J connectivity index is 2.08. The van der Waals surface area contributed by atoms with Crippen LogP contribution in [0.5, 0.6) is 0 Å². The quantitative estimate of drug-likeness (QED) is 0.738. The summed E-state index contributed by atoms with van der Waals surface area (Å²) in [4.78, 5) is 2.19. The molecule has 1 unspecified atom stereocenters. The lowest BCUT2D eigenvalue weighted by molar-refractivity contribution is -0.0223. The zero-order valence-electron chi connectivity index (χ0n) is 9.82. The molecule has 0 amide bonds. The van der Waals surface area contributed by atoms with Crippen LogP contribution in [0.1, 0.15) is 18.4 Å². The normalized spacial score (nSPS) is 26.9. The van der Waals surface area contributed by atoms with Crippen molar-refractivity contribution in [2.24, 2.45) is 0 Å². The summed E-state index contributed by atoms with van der Waals surface area (Å²) < 4.78 is 0. The number of nitrogens with two attached hydrogens (primary N) is 1. The molecule has 0 radical (unpaired) electrons. The van der Waals surface area contributed by atoms with E-state index in [1.165, 1.54) is 0 Å². The molecule has 0 saturated carbocycles. The van der Waals surface area contributed by atoms with Gasteiger partial charge < -0.3 is 15.7 Å². The minimum Gasteiger partial charge on any atom is -0.399 e. The number of nitrogen functional groups attached to an aromatic ring is 1. The number of nitrogens with zero attached hydrogens (tertiary/aromatic N) is 1. The van der Waals surface area contributed by atoms with Crippen molar-refractivity contribution in [3.63, 3.8) is 0 Å². The van der Waals surface area contributed by atoms with E-state index in [9.17, 15) is 5.11 Å². The zero-order valence-corrected chi connectivity index (χ0v) is 9.82. The molecule has 0 aromatic heterocycles. The molecule has 3 heteroatoms. The monoisotopic (exact) mass is 220 g/mol. The molecule has 88 valence electrons. The van der Waals surface area contributed by atoms with Gasteiger partial charge in [0, 0.05) is 18.7 Å². The van der Waals surface area contributed by atoms with Crippen molar-refractivity contribution < 1.29 is 5.11 Å². The smallest absolute Gasteiger partial charge is 0.0814 e. The molecule has 0 aliphatic carbocycles. The molecule has 0 bridgehead atoms. The lowest BCUT2D eigenvalue weighted by atomic mass is 9.87. The van der Waals surface area contributed by atoms with Gasteiger partial charge >= 0.3 is 0 Å². The standard InChI is InChI=1S/C13H20N2O/c1-15-7-3-6-13(16,10-15)9-11-4-2-5-12(14)8-11/h2,4-5,8,16H,3,6-7,9-10,14H2,1H3. The van der Waals surface area contributed by atoms with Crippen molar-refractivity contribution in [2.45, 2.75) is 24.9 Å². The van der Waals surface area contributed by atoms with Crippen LogP contribution in [0.15, 0.2) is 24.3 Å². The fourth-order valence-electron chi connectivity index (χ4n) is 2.57. The molecule has 1 atom stereocenters. The van der Waals surface area contributed by atoms with Crippen molar-refractivity contribution in [3.8, 4) is 0 Å². The maximum atomic E-state index is 10.5. The van der Waals surface area contributed by atoms with E-state index in [-0.39, 0.29) is 0 Å². The van der Waals surface area contributed by atoms with Crippen LogP contribution >= 0.6 is 0 Å². The summed E-state index contributed by atoms with van der Waals surface area (Å²) in [7, 11) is 2.06. The highest BCUT2D eigenvalue weighted by atomic mass is 16.3. The van der Waals surface area contributed by atoms with E-state index in [2.05, 4.69) is 11.9 Å². The van der Waals surface area contributed by atoms with Gasteiger partial charge in [-0.2, -0.15) is 0 Å². The maximum absolute atomic E-state index is 10.5. The Morgan fingerprint density at radius 3 is 3.00 bits per heavy atom. The number of anilines is 1. The Labute approximate surface area is 96.9 Å². The second kappa shape index (κ2) is 4.44. The number of hydrogen-bond acceptors (Lipinski definition) is 3. The summed E-state index contributed by atoms with van der Waals surface area (Å²) in [5.74, 6) is 0. The SMILES string of the molecule is CN1CCCC(O)(Cc2cccc(N)c2)C1. The Bertz CT molecular complexity index is 367. The number of β-amino-alcohol motifs (C(OH)–C–C–N with tert-alkyl or cyclic N) is 1. The second-order valence-electron chi connectivity index (χ2n) is 4.99. The van der Waals surface area contributed by atoms with E-state index in [4.69, 9.17) is 5.73 Å². The number of benzene rings is 1. The van der Waals surface area contributed by atoms with Crippen molar-refractivity contribution in [2.75, 3.05) is 25.9 Å². The van der Waals surface area contributed by atoms with Crippen LogP contribution in [0.2, 0.25) is 0 Å². The molecule has 0 spiro atoms. The molecule has 1 aliphatic rings. The zero-order chi connectivity index (χ0) is 11.6. The Kier molecular flexibility index (Phi) is 3.17. The van der Waals surface area contributed by atoms with Gasteiger partial charge in [-0.25, -0.2) is 0 Å². The molecule has 3 nitrogen and oxygen atoms in total. The van der Waals surface area contributed by atoms with Gasteiger partial charge in [0.15, 0.2) is 0 Å². The van der Waals surface area contributed by atoms with Gasteiger partial charge in [0.2, 0.25) is 0 Å². The molecular weight excluding hydrogens is 200 g/mol. The van der Waals surface area contributed by atoms with Crippen LogP contribution in [-0.4, -0.2) is 35.7 Å². The first kappa shape index (κ1) is 11.4. The minimum absolute atomic E-state index is 0.583.